The fraction of sp³-hybridized carbons (Fsp3) is 0.0500. The molecule has 0 spiro atoms. The molecule has 0 unspecified atom stereocenters. The number of carbonyl (C=O) groups is 1. The van der Waals surface area contributed by atoms with E-state index in [1.807, 2.05) is 6.07 Å². The van der Waals surface area contributed by atoms with Gasteiger partial charge >= 0.3 is 6.03 Å². The Kier molecular flexibility index (Phi) is 5.37. The van der Waals surface area contributed by atoms with Crippen molar-refractivity contribution in [2.45, 2.75) is 0 Å². The van der Waals surface area contributed by atoms with E-state index in [0.29, 0.717) is 16.9 Å². The van der Waals surface area contributed by atoms with E-state index in [9.17, 15) is 4.79 Å². The molecule has 3 rings (SSSR count). The second-order valence-electron chi connectivity index (χ2n) is 5.62. The number of methoxy groups -OCH3 is 1. The number of aromatic nitrogens is 1. The maximum Gasteiger partial charge on any atom is 0.317 e. The number of benzene rings is 2. The predicted octanol–water partition coefficient (Wildman–Crippen LogP) is 4.05. The van der Waals surface area contributed by atoms with Crippen LogP contribution in [-0.4, -0.2) is 18.1 Å². The van der Waals surface area contributed by atoms with Crippen LogP contribution < -0.4 is 20.5 Å². The first-order valence-electron chi connectivity index (χ1n) is 8.09. The minimum absolute atomic E-state index is 0.0458. The van der Waals surface area contributed by atoms with Crippen LogP contribution in [0.5, 0.6) is 17.2 Å². The Hall–Kier alpha value is -4.12. The lowest BCUT2D eigenvalue weighted by atomic mass is 10.0. The van der Waals surface area contributed by atoms with E-state index in [1.165, 1.54) is 31.5 Å². The molecule has 2 amide bonds. The molecule has 0 aliphatic rings. The van der Waals surface area contributed by atoms with Crippen LogP contribution in [0, 0.1) is 17.1 Å². The van der Waals surface area contributed by atoms with E-state index in [4.69, 9.17) is 20.5 Å². The van der Waals surface area contributed by atoms with Crippen LogP contribution in [0.3, 0.4) is 0 Å². The molecule has 0 aliphatic carbocycles. The number of nitrogens with one attached hydrogen (secondary N) is 1. The summed E-state index contributed by atoms with van der Waals surface area (Å²) in [5, 5.41) is 11.4. The molecule has 1 heterocycles. The minimum Gasteiger partial charge on any atom is -0.496 e. The lowest BCUT2D eigenvalue weighted by molar-refractivity contribution is 0.259. The van der Waals surface area contributed by atoms with E-state index in [0.717, 1.165) is 0 Å². The molecule has 3 N–H and O–H groups in total. The van der Waals surface area contributed by atoms with Gasteiger partial charge in [0, 0.05) is 0 Å². The summed E-state index contributed by atoms with van der Waals surface area (Å²) in [6, 6.07) is 13.8. The van der Waals surface area contributed by atoms with Crippen LogP contribution in [-0.2, 0) is 0 Å². The maximum absolute atomic E-state index is 15.2. The number of rotatable bonds is 5. The van der Waals surface area contributed by atoms with Gasteiger partial charge in [-0.2, -0.15) is 5.26 Å². The number of pyridine rings is 1. The first-order valence-corrected chi connectivity index (χ1v) is 8.09. The number of ether oxygens (including phenoxy) is 2. The minimum atomic E-state index is -0.744. The fourth-order valence-electron chi connectivity index (χ4n) is 2.57. The van der Waals surface area contributed by atoms with Crippen molar-refractivity contribution >= 4 is 11.8 Å². The van der Waals surface area contributed by atoms with Crippen molar-refractivity contribution in [3.63, 3.8) is 0 Å². The van der Waals surface area contributed by atoms with Crippen molar-refractivity contribution < 1.29 is 18.7 Å². The molecule has 0 saturated carbocycles. The molecule has 0 atom stereocenters. The maximum atomic E-state index is 15.2. The number of carbonyl (C=O) groups excluding carboxylic acids is 1. The van der Waals surface area contributed by atoms with Gasteiger partial charge in [0.25, 0.3) is 0 Å². The van der Waals surface area contributed by atoms with Gasteiger partial charge < -0.3 is 15.2 Å². The Labute approximate surface area is 160 Å². The number of hydrogen-bond acceptors (Lipinski definition) is 5. The highest BCUT2D eigenvalue weighted by molar-refractivity contribution is 5.86. The Morgan fingerprint density at radius 1 is 1.21 bits per heavy atom. The standard InChI is InChI=1S/C20H15FN4O3/c1-27-15-6-7-16(28-14-5-8-17(24-11-14)25-20(23)26)19(21)18(15)13-4-2-3-12(9-13)10-22/h2-9,11H,1H3,(H3,23,24,25,26). The SMILES string of the molecule is COc1ccc(Oc2ccc(NC(N)=O)nc2)c(F)c1-c1cccc(C#N)c1. The molecule has 1 aromatic heterocycles. The zero-order valence-corrected chi connectivity index (χ0v) is 14.8. The zero-order valence-electron chi connectivity index (χ0n) is 14.8. The van der Waals surface area contributed by atoms with Gasteiger partial charge in [-0.25, -0.2) is 14.2 Å². The van der Waals surface area contributed by atoms with Crippen molar-refractivity contribution in [2.24, 2.45) is 5.73 Å². The first-order chi connectivity index (χ1) is 13.5. The van der Waals surface area contributed by atoms with Gasteiger partial charge in [-0.05, 0) is 42.0 Å². The quantitative estimate of drug-likeness (QED) is 0.696. The smallest absolute Gasteiger partial charge is 0.317 e. The molecule has 0 aliphatic heterocycles. The highest BCUT2D eigenvalue weighted by Gasteiger charge is 2.18. The summed E-state index contributed by atoms with van der Waals surface area (Å²) in [4.78, 5) is 14.8. The molecule has 140 valence electrons. The third-order valence-corrected chi connectivity index (χ3v) is 3.78. The van der Waals surface area contributed by atoms with E-state index in [2.05, 4.69) is 10.3 Å². The van der Waals surface area contributed by atoms with E-state index >= 15 is 4.39 Å². The number of amides is 2. The lowest BCUT2D eigenvalue weighted by Crippen LogP contribution is -2.19. The second-order valence-corrected chi connectivity index (χ2v) is 5.62. The molecular formula is C20H15FN4O3. The average molecular weight is 378 g/mol. The number of primary amides is 1. The van der Waals surface area contributed by atoms with Crippen LogP contribution >= 0.6 is 0 Å². The molecule has 3 aromatic rings. The van der Waals surface area contributed by atoms with Crippen molar-refractivity contribution in [1.29, 1.82) is 5.26 Å². The van der Waals surface area contributed by atoms with Gasteiger partial charge in [0.05, 0.1) is 30.5 Å². The number of hydrogen-bond donors (Lipinski definition) is 2. The third kappa shape index (κ3) is 3.99. The van der Waals surface area contributed by atoms with Crippen LogP contribution in [0.15, 0.2) is 54.7 Å². The molecule has 0 fully saturated rings. The number of urea groups is 1. The number of nitrogens with two attached hydrogens (primary N) is 1. The first kappa shape index (κ1) is 18.7. The molecule has 7 nitrogen and oxygen atoms in total. The molecule has 0 bridgehead atoms. The molecule has 28 heavy (non-hydrogen) atoms. The Balaban J connectivity index is 1.97. The number of nitrogens with zero attached hydrogens (tertiary/aromatic N) is 2. The number of halogens is 1. The molecule has 0 saturated heterocycles. The monoisotopic (exact) mass is 378 g/mol. The highest BCUT2D eigenvalue weighted by atomic mass is 19.1. The summed E-state index contributed by atoms with van der Waals surface area (Å²) in [6.45, 7) is 0. The van der Waals surface area contributed by atoms with Crippen LogP contribution in [0.25, 0.3) is 11.1 Å². The normalized spacial score (nSPS) is 10.0. The fourth-order valence-corrected chi connectivity index (χ4v) is 2.57. The van der Waals surface area contributed by atoms with E-state index in [-0.39, 0.29) is 22.9 Å². The van der Waals surface area contributed by atoms with E-state index in [1.54, 1.807) is 30.3 Å². The molecule has 8 heteroatoms. The van der Waals surface area contributed by atoms with Gasteiger partial charge in [-0.3, -0.25) is 5.32 Å². The van der Waals surface area contributed by atoms with Gasteiger partial charge in [0.2, 0.25) is 0 Å². The summed E-state index contributed by atoms with van der Waals surface area (Å²) in [5.41, 5.74) is 6.08. The molecule has 2 aromatic carbocycles. The van der Waals surface area contributed by atoms with Gasteiger partial charge in [0.15, 0.2) is 11.6 Å². The topological polar surface area (TPSA) is 110 Å². The summed E-state index contributed by atoms with van der Waals surface area (Å²) in [6.07, 6.45) is 1.32. The summed E-state index contributed by atoms with van der Waals surface area (Å²) in [5.74, 6) is 0.114. The van der Waals surface area contributed by atoms with Gasteiger partial charge in [-0.15, -0.1) is 0 Å². The largest absolute Gasteiger partial charge is 0.496 e. The second kappa shape index (κ2) is 8.05. The van der Waals surface area contributed by atoms with Gasteiger partial charge in [0.1, 0.15) is 17.3 Å². The average Bonchev–Trinajstić information content (AvgIpc) is 2.70. The number of nitriles is 1. The van der Waals surface area contributed by atoms with Crippen LogP contribution in [0.1, 0.15) is 5.56 Å². The number of anilines is 1. The van der Waals surface area contributed by atoms with Crippen molar-refractivity contribution in [3.8, 4) is 34.4 Å². The highest BCUT2D eigenvalue weighted by Crippen LogP contribution is 2.39. The zero-order chi connectivity index (χ0) is 20.1. The van der Waals surface area contributed by atoms with Crippen molar-refractivity contribution in [1.82, 2.24) is 4.98 Å². The van der Waals surface area contributed by atoms with Gasteiger partial charge in [-0.1, -0.05) is 12.1 Å². The summed E-state index contributed by atoms with van der Waals surface area (Å²) < 4.78 is 26.1. The summed E-state index contributed by atoms with van der Waals surface area (Å²) in [7, 11) is 1.43. The lowest BCUT2D eigenvalue weighted by Gasteiger charge is -2.14. The molecule has 0 radical (unpaired) electrons. The Morgan fingerprint density at radius 2 is 2.00 bits per heavy atom. The Morgan fingerprint density at radius 3 is 2.64 bits per heavy atom. The molecular weight excluding hydrogens is 363 g/mol. The van der Waals surface area contributed by atoms with Crippen molar-refractivity contribution in [2.75, 3.05) is 12.4 Å². The van der Waals surface area contributed by atoms with E-state index < -0.39 is 11.8 Å². The summed E-state index contributed by atoms with van der Waals surface area (Å²) >= 11 is 0. The predicted molar refractivity (Wildman–Crippen MR) is 101 cm³/mol. The van der Waals surface area contributed by atoms with Crippen LogP contribution in [0.4, 0.5) is 15.0 Å². The third-order valence-electron chi connectivity index (χ3n) is 3.78. The van der Waals surface area contributed by atoms with Crippen LogP contribution in [0.2, 0.25) is 0 Å². The van der Waals surface area contributed by atoms with Crippen molar-refractivity contribution in [3.05, 3.63) is 66.1 Å². The Bertz CT molecular complexity index is 1060.